The van der Waals surface area contributed by atoms with E-state index >= 15 is 0 Å². The van der Waals surface area contributed by atoms with Crippen molar-refractivity contribution < 1.29 is 5.11 Å². The molecule has 1 N–H and O–H groups in total. The van der Waals surface area contributed by atoms with Crippen molar-refractivity contribution in [2.45, 2.75) is 40.2 Å². The molecule has 21 heavy (non-hydrogen) atoms. The Bertz CT molecular complexity index is 451. The zero-order valence-corrected chi connectivity index (χ0v) is 13.8. The van der Waals surface area contributed by atoms with E-state index in [1.807, 2.05) is 12.1 Å². The maximum absolute atomic E-state index is 9.45. The van der Waals surface area contributed by atoms with Crippen LogP contribution in [0.25, 0.3) is 0 Å². The molecule has 1 aliphatic heterocycles. The van der Waals surface area contributed by atoms with Crippen LogP contribution >= 0.6 is 0 Å². The summed E-state index contributed by atoms with van der Waals surface area (Å²) in [7, 11) is 0. The van der Waals surface area contributed by atoms with E-state index in [0.29, 0.717) is 5.92 Å². The number of rotatable bonds is 5. The minimum absolute atomic E-state index is 0.0859. The van der Waals surface area contributed by atoms with Gasteiger partial charge >= 0.3 is 0 Å². The molecule has 0 radical (unpaired) electrons. The summed E-state index contributed by atoms with van der Waals surface area (Å²) in [6.45, 7) is 14.3. The fraction of sp³-hybridized carbons (Fsp3) is 0.706. The van der Waals surface area contributed by atoms with Crippen LogP contribution in [0.4, 0.5) is 5.82 Å². The van der Waals surface area contributed by atoms with Crippen LogP contribution in [0.1, 0.15) is 44.9 Å². The van der Waals surface area contributed by atoms with E-state index in [2.05, 4.69) is 37.5 Å². The van der Waals surface area contributed by atoms with Gasteiger partial charge in [-0.2, -0.15) is 0 Å². The average molecular weight is 291 g/mol. The SMILES string of the molecule is CC(C)CN1CCN(c2cc(CO)cc(C(C)C)n2)CC1. The Hall–Kier alpha value is -1.13. The predicted molar refractivity (Wildman–Crippen MR) is 87.7 cm³/mol. The van der Waals surface area contributed by atoms with Crippen LogP contribution in [0, 0.1) is 5.92 Å². The van der Waals surface area contributed by atoms with Gasteiger partial charge in [-0.1, -0.05) is 27.7 Å². The van der Waals surface area contributed by atoms with Gasteiger partial charge in [0.25, 0.3) is 0 Å². The number of pyridine rings is 1. The van der Waals surface area contributed by atoms with Crippen molar-refractivity contribution in [3.05, 3.63) is 23.4 Å². The Kier molecular flexibility index (Phi) is 5.59. The molecule has 2 rings (SSSR count). The summed E-state index contributed by atoms with van der Waals surface area (Å²) in [5.41, 5.74) is 2.04. The van der Waals surface area contributed by atoms with Crippen LogP contribution in [0.2, 0.25) is 0 Å². The van der Waals surface area contributed by atoms with E-state index in [4.69, 9.17) is 4.98 Å². The van der Waals surface area contributed by atoms with E-state index in [1.165, 1.54) is 6.54 Å². The van der Waals surface area contributed by atoms with Gasteiger partial charge in [0.15, 0.2) is 0 Å². The molecule has 0 aliphatic carbocycles. The monoisotopic (exact) mass is 291 g/mol. The van der Waals surface area contributed by atoms with Gasteiger partial charge in [-0.25, -0.2) is 4.98 Å². The summed E-state index contributed by atoms with van der Waals surface area (Å²) in [4.78, 5) is 9.66. The van der Waals surface area contributed by atoms with Crippen molar-refractivity contribution in [2.24, 2.45) is 5.92 Å². The highest BCUT2D eigenvalue weighted by molar-refractivity contribution is 5.43. The largest absolute Gasteiger partial charge is 0.392 e. The van der Waals surface area contributed by atoms with Crippen molar-refractivity contribution in [3.63, 3.8) is 0 Å². The minimum Gasteiger partial charge on any atom is -0.392 e. The second-order valence-corrected chi connectivity index (χ2v) is 6.75. The quantitative estimate of drug-likeness (QED) is 0.904. The van der Waals surface area contributed by atoms with Gasteiger partial charge in [0, 0.05) is 38.4 Å². The van der Waals surface area contributed by atoms with Crippen molar-refractivity contribution in [1.82, 2.24) is 9.88 Å². The standard InChI is InChI=1S/C17H29N3O/c1-13(2)11-19-5-7-20(8-6-19)17-10-15(12-21)9-16(18-17)14(3)4/h9-10,13-14,21H,5-8,11-12H2,1-4H3. The number of aliphatic hydroxyl groups is 1. The van der Waals surface area contributed by atoms with Crippen LogP contribution < -0.4 is 4.90 Å². The molecule has 0 atom stereocenters. The first-order valence-electron chi connectivity index (χ1n) is 8.08. The molecule has 0 bridgehead atoms. The molecular formula is C17H29N3O. The van der Waals surface area contributed by atoms with E-state index in [0.717, 1.165) is 49.2 Å². The number of hydrogen-bond donors (Lipinski definition) is 1. The molecule has 0 saturated carbocycles. The van der Waals surface area contributed by atoms with Gasteiger partial charge < -0.3 is 10.0 Å². The number of anilines is 1. The van der Waals surface area contributed by atoms with Crippen molar-refractivity contribution in [2.75, 3.05) is 37.6 Å². The van der Waals surface area contributed by atoms with Crippen LogP contribution in [-0.2, 0) is 6.61 Å². The van der Waals surface area contributed by atoms with Gasteiger partial charge in [0.2, 0.25) is 0 Å². The molecule has 0 aromatic carbocycles. The van der Waals surface area contributed by atoms with Crippen molar-refractivity contribution in [3.8, 4) is 0 Å². The molecular weight excluding hydrogens is 262 g/mol. The summed E-state index contributed by atoms with van der Waals surface area (Å²) in [6, 6.07) is 4.05. The van der Waals surface area contributed by atoms with Gasteiger partial charge in [0.05, 0.1) is 6.61 Å². The molecule has 4 nitrogen and oxygen atoms in total. The van der Waals surface area contributed by atoms with Gasteiger partial charge in [-0.05, 0) is 29.5 Å². The van der Waals surface area contributed by atoms with Crippen LogP contribution in [0.15, 0.2) is 12.1 Å². The van der Waals surface area contributed by atoms with Crippen molar-refractivity contribution >= 4 is 5.82 Å². The molecule has 0 spiro atoms. The molecule has 2 heterocycles. The zero-order valence-electron chi connectivity index (χ0n) is 13.8. The normalized spacial score (nSPS) is 17.0. The predicted octanol–water partition coefficient (Wildman–Crippen LogP) is 2.48. The lowest BCUT2D eigenvalue weighted by Gasteiger charge is -2.36. The Morgan fingerprint density at radius 2 is 1.76 bits per heavy atom. The third-order valence-corrected chi connectivity index (χ3v) is 3.99. The van der Waals surface area contributed by atoms with Crippen molar-refractivity contribution in [1.29, 1.82) is 0 Å². The smallest absolute Gasteiger partial charge is 0.129 e. The Morgan fingerprint density at radius 1 is 1.10 bits per heavy atom. The van der Waals surface area contributed by atoms with Gasteiger partial charge in [-0.3, -0.25) is 4.90 Å². The Balaban J connectivity index is 2.07. The summed E-state index contributed by atoms with van der Waals surface area (Å²) < 4.78 is 0. The summed E-state index contributed by atoms with van der Waals surface area (Å²) >= 11 is 0. The third kappa shape index (κ3) is 4.42. The number of hydrogen-bond acceptors (Lipinski definition) is 4. The topological polar surface area (TPSA) is 39.6 Å². The summed E-state index contributed by atoms with van der Waals surface area (Å²) in [6.07, 6.45) is 0. The van der Waals surface area contributed by atoms with Gasteiger partial charge in [0.1, 0.15) is 5.82 Å². The maximum Gasteiger partial charge on any atom is 0.129 e. The molecule has 1 aliphatic rings. The van der Waals surface area contributed by atoms with E-state index in [1.54, 1.807) is 0 Å². The first-order chi connectivity index (χ1) is 9.99. The van der Waals surface area contributed by atoms with E-state index < -0.39 is 0 Å². The Labute approximate surface area is 128 Å². The second-order valence-electron chi connectivity index (χ2n) is 6.75. The minimum atomic E-state index is 0.0859. The van der Waals surface area contributed by atoms with Crippen LogP contribution in [-0.4, -0.2) is 47.7 Å². The first kappa shape index (κ1) is 16.2. The highest BCUT2D eigenvalue weighted by Gasteiger charge is 2.19. The fourth-order valence-electron chi connectivity index (χ4n) is 2.82. The number of aromatic nitrogens is 1. The highest BCUT2D eigenvalue weighted by Crippen LogP contribution is 2.21. The lowest BCUT2D eigenvalue weighted by atomic mass is 10.1. The number of nitrogens with zero attached hydrogens (tertiary/aromatic N) is 3. The molecule has 4 heteroatoms. The van der Waals surface area contributed by atoms with E-state index in [9.17, 15) is 5.11 Å². The van der Waals surface area contributed by atoms with Crippen LogP contribution in [0.3, 0.4) is 0 Å². The van der Waals surface area contributed by atoms with Crippen LogP contribution in [0.5, 0.6) is 0 Å². The molecule has 1 fully saturated rings. The first-order valence-corrected chi connectivity index (χ1v) is 8.08. The maximum atomic E-state index is 9.45. The highest BCUT2D eigenvalue weighted by atomic mass is 16.3. The molecule has 118 valence electrons. The summed E-state index contributed by atoms with van der Waals surface area (Å²) in [5, 5.41) is 9.45. The molecule has 0 unspecified atom stereocenters. The molecule has 0 amide bonds. The van der Waals surface area contributed by atoms with Gasteiger partial charge in [-0.15, -0.1) is 0 Å². The fourth-order valence-corrected chi connectivity index (χ4v) is 2.82. The Morgan fingerprint density at radius 3 is 2.29 bits per heavy atom. The summed E-state index contributed by atoms with van der Waals surface area (Å²) in [5.74, 6) is 2.13. The van der Waals surface area contributed by atoms with E-state index in [-0.39, 0.29) is 6.61 Å². The number of aliphatic hydroxyl groups excluding tert-OH is 1. The lowest BCUT2D eigenvalue weighted by molar-refractivity contribution is 0.230. The lowest BCUT2D eigenvalue weighted by Crippen LogP contribution is -2.47. The molecule has 1 aromatic heterocycles. The molecule has 1 aromatic rings. The number of piperazine rings is 1. The average Bonchev–Trinajstić information content (AvgIpc) is 2.46. The zero-order chi connectivity index (χ0) is 15.4. The second kappa shape index (κ2) is 7.23. The third-order valence-electron chi connectivity index (χ3n) is 3.99. The molecule has 1 saturated heterocycles.